The molecule has 136 valence electrons. The Labute approximate surface area is 158 Å². The number of halogens is 3. The molecule has 2 rings (SSSR count). The Kier molecular flexibility index (Phi) is 6.94. The first kappa shape index (κ1) is 19.7. The van der Waals surface area contributed by atoms with E-state index >= 15 is 0 Å². The lowest BCUT2D eigenvalue weighted by Crippen LogP contribution is -2.32. The summed E-state index contributed by atoms with van der Waals surface area (Å²) in [6, 6.07) is 9.77. The van der Waals surface area contributed by atoms with Crippen LogP contribution in [0.2, 0.25) is 10.0 Å². The van der Waals surface area contributed by atoms with E-state index in [0.717, 1.165) is 6.07 Å². The number of amides is 2. The molecule has 2 aromatic rings. The van der Waals surface area contributed by atoms with Crippen LogP contribution in [0.25, 0.3) is 0 Å². The molecular weight excluding hydrogens is 386 g/mol. The number of carbonyl (C=O) groups is 3. The molecule has 0 aliphatic carbocycles. The van der Waals surface area contributed by atoms with E-state index in [-0.39, 0.29) is 5.56 Å². The average molecular weight is 399 g/mol. The molecular formula is C17H13Cl2FN2O4. The number of hydrogen-bond donors (Lipinski definition) is 2. The fraction of sp³-hybridized carbons (Fsp3) is 0.118. The van der Waals surface area contributed by atoms with Gasteiger partial charge in [-0.25, -0.2) is 4.39 Å². The Balaban J connectivity index is 1.77. The molecule has 0 atom stereocenters. The zero-order chi connectivity index (χ0) is 19.1. The Bertz CT molecular complexity index is 825. The van der Waals surface area contributed by atoms with E-state index in [1.165, 1.54) is 36.4 Å². The van der Waals surface area contributed by atoms with Crippen molar-refractivity contribution < 1.29 is 23.5 Å². The van der Waals surface area contributed by atoms with Gasteiger partial charge < -0.3 is 15.4 Å². The van der Waals surface area contributed by atoms with Crippen LogP contribution in [0.3, 0.4) is 0 Å². The van der Waals surface area contributed by atoms with Crippen LogP contribution in [0.4, 0.5) is 10.1 Å². The first-order chi connectivity index (χ1) is 12.3. The quantitative estimate of drug-likeness (QED) is 0.732. The summed E-state index contributed by atoms with van der Waals surface area (Å²) in [5.74, 6) is -2.94. The van der Waals surface area contributed by atoms with Crippen molar-refractivity contribution in [2.45, 2.75) is 0 Å². The van der Waals surface area contributed by atoms with Gasteiger partial charge >= 0.3 is 5.97 Å². The molecule has 2 N–H and O–H groups in total. The molecule has 6 nitrogen and oxygen atoms in total. The van der Waals surface area contributed by atoms with E-state index in [2.05, 4.69) is 10.6 Å². The molecule has 0 aliphatic heterocycles. The van der Waals surface area contributed by atoms with Gasteiger partial charge in [0.2, 0.25) is 0 Å². The van der Waals surface area contributed by atoms with Crippen molar-refractivity contribution in [2.75, 3.05) is 18.5 Å². The van der Waals surface area contributed by atoms with E-state index in [1.807, 2.05) is 0 Å². The minimum Gasteiger partial charge on any atom is -0.454 e. The SMILES string of the molecule is O=C(COC(=O)CNC(=O)c1ccccc1F)Nc1cc(Cl)cc(Cl)c1. The van der Waals surface area contributed by atoms with Crippen LogP contribution < -0.4 is 10.6 Å². The van der Waals surface area contributed by atoms with Gasteiger partial charge in [0.05, 0.1) is 5.56 Å². The summed E-state index contributed by atoms with van der Waals surface area (Å²) in [5, 5.41) is 5.33. The lowest BCUT2D eigenvalue weighted by molar-refractivity contribution is -0.146. The second kappa shape index (κ2) is 9.17. The lowest BCUT2D eigenvalue weighted by Gasteiger charge is -2.08. The van der Waals surface area contributed by atoms with E-state index in [9.17, 15) is 18.8 Å². The maximum absolute atomic E-state index is 13.4. The Morgan fingerprint density at radius 3 is 2.35 bits per heavy atom. The zero-order valence-electron chi connectivity index (χ0n) is 13.2. The number of rotatable bonds is 6. The van der Waals surface area contributed by atoms with Crippen molar-refractivity contribution >= 4 is 46.7 Å². The van der Waals surface area contributed by atoms with Gasteiger partial charge in [-0.05, 0) is 30.3 Å². The largest absolute Gasteiger partial charge is 0.454 e. The van der Waals surface area contributed by atoms with Crippen LogP contribution in [-0.4, -0.2) is 30.9 Å². The summed E-state index contributed by atoms with van der Waals surface area (Å²) < 4.78 is 18.2. The van der Waals surface area contributed by atoms with E-state index < -0.39 is 36.8 Å². The van der Waals surface area contributed by atoms with Gasteiger partial charge in [0.25, 0.3) is 11.8 Å². The Morgan fingerprint density at radius 2 is 1.69 bits per heavy atom. The number of anilines is 1. The molecule has 0 saturated carbocycles. The normalized spacial score (nSPS) is 10.1. The monoisotopic (exact) mass is 398 g/mol. The van der Waals surface area contributed by atoms with E-state index in [0.29, 0.717) is 15.7 Å². The third-order valence-electron chi connectivity index (χ3n) is 3.02. The van der Waals surface area contributed by atoms with Crippen LogP contribution in [0.5, 0.6) is 0 Å². The van der Waals surface area contributed by atoms with Gasteiger partial charge in [0.15, 0.2) is 6.61 Å². The maximum Gasteiger partial charge on any atom is 0.325 e. The van der Waals surface area contributed by atoms with Crippen molar-refractivity contribution in [3.63, 3.8) is 0 Å². The summed E-state index contributed by atoms with van der Waals surface area (Å²) in [4.78, 5) is 35.1. The average Bonchev–Trinajstić information content (AvgIpc) is 2.57. The van der Waals surface area contributed by atoms with Gasteiger partial charge in [0, 0.05) is 15.7 Å². The third-order valence-corrected chi connectivity index (χ3v) is 3.46. The first-order valence-corrected chi connectivity index (χ1v) is 8.05. The van der Waals surface area contributed by atoms with Crippen LogP contribution in [0.1, 0.15) is 10.4 Å². The van der Waals surface area contributed by atoms with Crippen molar-refractivity contribution in [3.8, 4) is 0 Å². The highest BCUT2D eigenvalue weighted by Gasteiger charge is 2.13. The number of hydrogen-bond acceptors (Lipinski definition) is 4. The number of esters is 1. The predicted octanol–water partition coefficient (Wildman–Crippen LogP) is 3.04. The number of carbonyl (C=O) groups excluding carboxylic acids is 3. The van der Waals surface area contributed by atoms with Crippen molar-refractivity contribution in [2.24, 2.45) is 0 Å². The minimum absolute atomic E-state index is 0.198. The summed E-state index contributed by atoms with van der Waals surface area (Å²) >= 11 is 11.6. The van der Waals surface area contributed by atoms with Crippen molar-refractivity contribution in [1.29, 1.82) is 0 Å². The molecule has 0 fully saturated rings. The molecule has 0 heterocycles. The molecule has 0 aromatic heterocycles. The highest BCUT2D eigenvalue weighted by Crippen LogP contribution is 2.22. The molecule has 0 bridgehead atoms. The highest BCUT2D eigenvalue weighted by atomic mass is 35.5. The van der Waals surface area contributed by atoms with Crippen molar-refractivity contribution in [1.82, 2.24) is 5.32 Å². The topological polar surface area (TPSA) is 84.5 Å². The molecule has 0 saturated heterocycles. The minimum atomic E-state index is -0.853. The molecule has 0 radical (unpaired) electrons. The van der Waals surface area contributed by atoms with E-state index in [1.54, 1.807) is 0 Å². The molecule has 0 unspecified atom stereocenters. The van der Waals surface area contributed by atoms with Gasteiger partial charge in [-0.3, -0.25) is 14.4 Å². The Morgan fingerprint density at radius 1 is 1.04 bits per heavy atom. The molecule has 2 aromatic carbocycles. The molecule has 2 amide bonds. The zero-order valence-corrected chi connectivity index (χ0v) is 14.7. The smallest absolute Gasteiger partial charge is 0.325 e. The fourth-order valence-electron chi connectivity index (χ4n) is 1.91. The second-order valence-electron chi connectivity index (χ2n) is 5.03. The van der Waals surface area contributed by atoms with E-state index in [4.69, 9.17) is 27.9 Å². The van der Waals surface area contributed by atoms with Crippen LogP contribution in [0, 0.1) is 5.82 Å². The van der Waals surface area contributed by atoms with Gasteiger partial charge in [0.1, 0.15) is 12.4 Å². The van der Waals surface area contributed by atoms with Crippen LogP contribution >= 0.6 is 23.2 Å². The number of ether oxygens (including phenoxy) is 1. The molecule has 26 heavy (non-hydrogen) atoms. The standard InChI is InChI=1S/C17H13Cl2FN2O4/c18-10-5-11(19)7-12(6-10)22-15(23)9-26-16(24)8-21-17(25)13-3-1-2-4-14(13)20/h1-7H,8-9H2,(H,21,25)(H,22,23). The summed E-state index contributed by atoms with van der Waals surface area (Å²) in [6.07, 6.45) is 0. The van der Waals surface area contributed by atoms with Gasteiger partial charge in [-0.15, -0.1) is 0 Å². The maximum atomic E-state index is 13.4. The lowest BCUT2D eigenvalue weighted by atomic mass is 10.2. The van der Waals surface area contributed by atoms with Crippen LogP contribution in [0.15, 0.2) is 42.5 Å². The van der Waals surface area contributed by atoms with Crippen molar-refractivity contribution in [3.05, 3.63) is 63.9 Å². The summed E-state index contributed by atoms with van der Waals surface area (Å²) in [7, 11) is 0. The molecule has 9 heteroatoms. The summed E-state index contributed by atoms with van der Waals surface area (Å²) in [5.41, 5.74) is 0.146. The molecule has 0 aliphatic rings. The number of benzene rings is 2. The fourth-order valence-corrected chi connectivity index (χ4v) is 2.44. The van der Waals surface area contributed by atoms with Gasteiger partial charge in [-0.2, -0.15) is 0 Å². The van der Waals surface area contributed by atoms with Gasteiger partial charge in [-0.1, -0.05) is 35.3 Å². The highest BCUT2D eigenvalue weighted by molar-refractivity contribution is 6.35. The summed E-state index contributed by atoms with van der Waals surface area (Å²) in [6.45, 7) is -1.08. The molecule has 0 spiro atoms. The first-order valence-electron chi connectivity index (χ1n) is 7.29. The predicted molar refractivity (Wildman–Crippen MR) is 94.8 cm³/mol. The Hall–Kier alpha value is -2.64. The number of nitrogens with one attached hydrogen (secondary N) is 2. The third kappa shape index (κ3) is 6.02. The second-order valence-corrected chi connectivity index (χ2v) is 5.90. The van der Waals surface area contributed by atoms with Crippen LogP contribution in [-0.2, 0) is 14.3 Å².